The quantitative estimate of drug-likeness (QED) is 0.163. The second-order valence-electron chi connectivity index (χ2n) is 22.0. The van der Waals surface area contributed by atoms with Crippen LogP contribution in [0.5, 0.6) is 0 Å². The van der Waals surface area contributed by atoms with Gasteiger partial charge in [0.25, 0.3) is 6.71 Å². The largest absolute Gasteiger partial charge is 0.311 e. The summed E-state index contributed by atoms with van der Waals surface area (Å²) in [5, 5.41) is 0. The lowest BCUT2D eigenvalue weighted by Gasteiger charge is -2.48. The molecule has 0 fully saturated rings. The first-order valence-electron chi connectivity index (χ1n) is 24.5. The summed E-state index contributed by atoms with van der Waals surface area (Å²) in [6.07, 6.45) is 2.18. The number of rotatable bonds is 4. The summed E-state index contributed by atoms with van der Waals surface area (Å²) in [7, 11) is 0. The molecule has 10 rings (SSSR count). The molecule has 0 radical (unpaired) electrons. The molecule has 0 spiro atoms. The Kier molecular flexibility index (Phi) is 8.60. The normalized spacial score (nSPS) is 16.9. The zero-order valence-corrected chi connectivity index (χ0v) is 39.2. The summed E-state index contributed by atoms with van der Waals surface area (Å²) in [4.78, 5) is 4.83. The second kappa shape index (κ2) is 14.4. The fourth-order valence-electron chi connectivity index (χ4n) is 10.8. The van der Waals surface area contributed by atoms with Gasteiger partial charge in [-0.25, -0.2) is 0 Å². The van der Waals surface area contributed by atoms with Gasteiger partial charge >= 0.3 is 0 Å². The second-order valence-corrected chi connectivity index (χ2v) is 22.0. The lowest BCUT2D eigenvalue weighted by molar-refractivity contribution is 0.332. The third-order valence-corrected chi connectivity index (χ3v) is 14.6. The molecule has 0 N–H and O–H groups in total. The van der Waals surface area contributed by atoms with Crippen LogP contribution in [0.4, 0.5) is 34.1 Å². The van der Waals surface area contributed by atoms with Crippen molar-refractivity contribution in [2.75, 3.05) is 9.80 Å². The first-order chi connectivity index (χ1) is 31.0. The number of anilines is 6. The summed E-state index contributed by atoms with van der Waals surface area (Å²) in [6, 6.07) is 51.2. The van der Waals surface area contributed by atoms with E-state index >= 15 is 0 Å². The molecule has 0 amide bonds. The maximum atomic E-state index is 9.11. The Morgan fingerprint density at radius 1 is 0.492 bits per heavy atom. The van der Waals surface area contributed by atoms with Gasteiger partial charge in [-0.05, 0) is 157 Å². The van der Waals surface area contributed by atoms with Crippen LogP contribution in [0.15, 0.2) is 140 Å². The van der Waals surface area contributed by atoms with Crippen LogP contribution in [0.3, 0.4) is 0 Å². The lowest BCUT2D eigenvalue weighted by atomic mass is 9.33. The Labute approximate surface area is 382 Å². The average molecular weight is 826 g/mol. The van der Waals surface area contributed by atoms with Crippen molar-refractivity contribution in [3.05, 3.63) is 173 Å². The summed E-state index contributed by atoms with van der Waals surface area (Å²) >= 11 is 0. The van der Waals surface area contributed by atoms with E-state index in [1.807, 2.05) is 12.1 Å². The highest BCUT2D eigenvalue weighted by atomic mass is 15.2. The maximum Gasteiger partial charge on any atom is 0.252 e. The molecule has 3 heteroatoms. The van der Waals surface area contributed by atoms with Crippen molar-refractivity contribution in [3.8, 4) is 22.3 Å². The molecule has 0 saturated carbocycles. The average Bonchev–Trinajstić information content (AvgIpc) is 3.27. The van der Waals surface area contributed by atoms with E-state index < -0.39 is 6.85 Å². The molecule has 0 unspecified atom stereocenters. The molecule has 2 nitrogen and oxygen atoms in total. The fourth-order valence-corrected chi connectivity index (χ4v) is 10.8. The third-order valence-electron chi connectivity index (χ3n) is 14.6. The molecule has 2 heterocycles. The standard InChI is InChI=1S/C60H63BN2/c1-38-31-54-56-55(32-38)63(51-28-25-44(58(6,7)8)35-45(51)41-21-17-14-18-22-41)53-37-47-46(59(9,10)29-30-60(47,11)12)36-49(53)61(56)48-34-42(40-19-15-13-16-20-40)23-26-52(48)62(54)50-27-24-43(33-39(50)2)57(3,4)5/h13-28,31-37H,29-30H2,1-12H3/i1D3. The molecule has 0 saturated heterocycles. The Morgan fingerprint density at radius 3 is 1.60 bits per heavy atom. The minimum atomic E-state index is -2.37. The Bertz CT molecular complexity index is 3060. The Morgan fingerprint density at radius 2 is 1.02 bits per heavy atom. The van der Waals surface area contributed by atoms with Gasteiger partial charge in [0.1, 0.15) is 0 Å². The fraction of sp³-hybridized carbons (Fsp3) is 0.300. The van der Waals surface area contributed by atoms with E-state index in [1.54, 1.807) is 0 Å². The van der Waals surface area contributed by atoms with Gasteiger partial charge in [-0.3, -0.25) is 0 Å². The maximum absolute atomic E-state index is 9.11. The summed E-state index contributed by atoms with van der Waals surface area (Å²) in [5.74, 6) is 0. The number of benzene rings is 7. The molecule has 316 valence electrons. The molecule has 0 bridgehead atoms. The van der Waals surface area contributed by atoms with Crippen molar-refractivity contribution in [3.63, 3.8) is 0 Å². The first kappa shape index (κ1) is 37.7. The molecule has 1 aliphatic carbocycles. The highest BCUT2D eigenvalue weighted by Crippen LogP contribution is 2.52. The smallest absolute Gasteiger partial charge is 0.252 e. The van der Waals surface area contributed by atoms with Crippen molar-refractivity contribution in [1.29, 1.82) is 0 Å². The van der Waals surface area contributed by atoms with Crippen LogP contribution in [0.1, 0.15) is 120 Å². The van der Waals surface area contributed by atoms with Gasteiger partial charge in [0.15, 0.2) is 0 Å². The summed E-state index contributed by atoms with van der Waals surface area (Å²) in [5.41, 5.74) is 20.8. The van der Waals surface area contributed by atoms with Crippen LogP contribution in [-0.2, 0) is 21.7 Å². The highest BCUT2D eigenvalue weighted by Gasteiger charge is 2.47. The molecule has 2 aliphatic heterocycles. The van der Waals surface area contributed by atoms with Crippen molar-refractivity contribution in [1.82, 2.24) is 0 Å². The number of hydrogen-bond donors (Lipinski definition) is 0. The van der Waals surface area contributed by atoms with E-state index in [1.165, 1.54) is 38.7 Å². The van der Waals surface area contributed by atoms with E-state index in [9.17, 15) is 0 Å². The molecule has 3 aliphatic rings. The number of fused-ring (bicyclic) bond motifs is 5. The lowest BCUT2D eigenvalue weighted by Crippen LogP contribution is -2.62. The predicted molar refractivity (Wildman–Crippen MR) is 273 cm³/mol. The topological polar surface area (TPSA) is 6.48 Å². The van der Waals surface area contributed by atoms with E-state index in [2.05, 4.69) is 213 Å². The van der Waals surface area contributed by atoms with E-state index in [0.29, 0.717) is 5.56 Å². The van der Waals surface area contributed by atoms with Crippen molar-refractivity contribution < 1.29 is 4.11 Å². The Hall–Kier alpha value is -5.80. The molecule has 7 aromatic rings. The predicted octanol–water partition coefficient (Wildman–Crippen LogP) is 14.7. The monoisotopic (exact) mass is 826 g/mol. The summed E-state index contributed by atoms with van der Waals surface area (Å²) in [6.45, 7) is 22.9. The van der Waals surface area contributed by atoms with Crippen LogP contribution in [0, 0.1) is 13.8 Å². The zero-order valence-electron chi connectivity index (χ0n) is 42.2. The van der Waals surface area contributed by atoms with Gasteiger partial charge in [0, 0.05) is 38.1 Å². The summed E-state index contributed by atoms with van der Waals surface area (Å²) < 4.78 is 27.3. The third kappa shape index (κ3) is 6.77. The van der Waals surface area contributed by atoms with Crippen LogP contribution >= 0.6 is 0 Å². The zero-order chi connectivity index (χ0) is 46.9. The number of nitrogens with zero attached hydrogens (tertiary/aromatic N) is 2. The number of aryl methyl sites for hydroxylation is 2. The van der Waals surface area contributed by atoms with Gasteiger partial charge < -0.3 is 9.80 Å². The van der Waals surface area contributed by atoms with E-state index in [4.69, 9.17) is 4.11 Å². The molecule has 0 aromatic heterocycles. The molecular weight excluding hydrogens is 759 g/mol. The number of hydrogen-bond acceptors (Lipinski definition) is 2. The van der Waals surface area contributed by atoms with Crippen LogP contribution in [0.25, 0.3) is 22.3 Å². The minimum absolute atomic E-state index is 0.0379. The molecule has 7 aromatic carbocycles. The van der Waals surface area contributed by atoms with Gasteiger partial charge in [-0.1, -0.05) is 166 Å². The van der Waals surface area contributed by atoms with Gasteiger partial charge in [0.05, 0.1) is 5.69 Å². The molecular formula is C60H63BN2. The van der Waals surface area contributed by atoms with Crippen LogP contribution in [0.2, 0.25) is 0 Å². The Balaban J connectivity index is 1.38. The minimum Gasteiger partial charge on any atom is -0.311 e. The highest BCUT2D eigenvalue weighted by molar-refractivity contribution is 7.00. The molecule has 63 heavy (non-hydrogen) atoms. The van der Waals surface area contributed by atoms with Crippen molar-refractivity contribution >= 4 is 57.2 Å². The van der Waals surface area contributed by atoms with Crippen molar-refractivity contribution in [2.45, 2.75) is 118 Å². The molecule has 0 atom stereocenters. The van der Waals surface area contributed by atoms with Gasteiger partial charge in [0.2, 0.25) is 0 Å². The van der Waals surface area contributed by atoms with Crippen molar-refractivity contribution in [2.24, 2.45) is 0 Å². The SMILES string of the molecule is [2H]C([2H])([2H])c1cc2c3c(c1)N(c1ccc(C(C)(C)C)cc1-c1ccccc1)c1cc4c(cc1B3c1cc(-c3ccccc3)ccc1N2c1ccc(C(C)(C)C)cc1C)C(C)(C)CCC4(C)C. The van der Waals surface area contributed by atoms with E-state index in [-0.39, 0.29) is 28.4 Å². The van der Waals surface area contributed by atoms with E-state index in [0.717, 1.165) is 74.7 Å². The van der Waals surface area contributed by atoms with Gasteiger partial charge in [-0.15, -0.1) is 0 Å². The van der Waals surface area contributed by atoms with Gasteiger partial charge in [-0.2, -0.15) is 0 Å². The first-order valence-corrected chi connectivity index (χ1v) is 23.0. The van der Waals surface area contributed by atoms with Crippen LogP contribution in [-0.4, -0.2) is 6.71 Å². The van der Waals surface area contributed by atoms with Crippen LogP contribution < -0.4 is 26.2 Å².